The third-order valence-corrected chi connectivity index (χ3v) is 2.13. The van der Waals surface area contributed by atoms with Crippen LogP contribution in [0.25, 0.3) is 0 Å². The van der Waals surface area contributed by atoms with Crippen LogP contribution in [0, 0.1) is 11.3 Å². The van der Waals surface area contributed by atoms with E-state index in [-0.39, 0.29) is 18.4 Å². The predicted molar refractivity (Wildman–Crippen MR) is 64.8 cm³/mol. The molecule has 2 nitrogen and oxygen atoms in total. The van der Waals surface area contributed by atoms with Gasteiger partial charge in [-0.15, -0.1) is 19.0 Å². The van der Waals surface area contributed by atoms with Crippen LogP contribution in [-0.4, -0.2) is 0 Å². The Kier molecular flexibility index (Phi) is 6.44. The molecule has 0 bridgehead atoms. The van der Waals surface area contributed by atoms with Crippen LogP contribution in [-0.2, 0) is 0 Å². The van der Waals surface area contributed by atoms with Crippen molar-refractivity contribution < 1.29 is 0 Å². The summed E-state index contributed by atoms with van der Waals surface area (Å²) in [7, 11) is 0. The van der Waals surface area contributed by atoms with Crippen LogP contribution in [0.4, 0.5) is 0 Å². The molecule has 2 N–H and O–H groups in total. The zero-order valence-corrected chi connectivity index (χ0v) is 9.33. The summed E-state index contributed by atoms with van der Waals surface area (Å²) >= 11 is 0. The van der Waals surface area contributed by atoms with Gasteiger partial charge in [0.25, 0.3) is 0 Å². The Labute approximate surface area is 96.8 Å². The number of nitrogens with zero attached hydrogens (tertiary/aromatic N) is 1. The molecular formula is C12H15ClN2. The molecule has 1 atom stereocenters. The first-order chi connectivity index (χ1) is 6.77. The Morgan fingerprint density at radius 3 is 2.87 bits per heavy atom. The lowest BCUT2D eigenvalue weighted by Crippen LogP contribution is -2.09. The van der Waals surface area contributed by atoms with Crippen LogP contribution in [0.15, 0.2) is 36.9 Å². The maximum atomic E-state index is 8.71. The Morgan fingerprint density at radius 1 is 1.53 bits per heavy atom. The van der Waals surface area contributed by atoms with Crippen LogP contribution >= 0.6 is 12.4 Å². The monoisotopic (exact) mass is 222 g/mol. The molecular weight excluding hydrogens is 208 g/mol. The fourth-order valence-corrected chi connectivity index (χ4v) is 1.30. The predicted octanol–water partition coefficient (Wildman–Crippen LogP) is 2.95. The third-order valence-electron chi connectivity index (χ3n) is 2.13. The van der Waals surface area contributed by atoms with E-state index >= 15 is 0 Å². The van der Waals surface area contributed by atoms with Gasteiger partial charge in [0.15, 0.2) is 0 Å². The molecule has 0 saturated carbocycles. The highest BCUT2D eigenvalue weighted by atomic mass is 35.5. The van der Waals surface area contributed by atoms with Gasteiger partial charge in [-0.1, -0.05) is 18.2 Å². The normalized spacial score (nSPS) is 10.9. The fraction of sp³-hybridized carbons (Fsp3) is 0.250. The quantitative estimate of drug-likeness (QED) is 0.797. The molecule has 80 valence electrons. The van der Waals surface area contributed by atoms with E-state index in [2.05, 4.69) is 12.6 Å². The van der Waals surface area contributed by atoms with E-state index in [1.807, 2.05) is 24.3 Å². The molecule has 3 heteroatoms. The van der Waals surface area contributed by atoms with E-state index in [0.717, 1.165) is 18.4 Å². The molecule has 0 unspecified atom stereocenters. The van der Waals surface area contributed by atoms with Crippen molar-refractivity contribution >= 4 is 12.4 Å². The van der Waals surface area contributed by atoms with Gasteiger partial charge in [0, 0.05) is 6.04 Å². The molecule has 0 aliphatic rings. The molecule has 0 aromatic heterocycles. The van der Waals surface area contributed by atoms with Gasteiger partial charge in [0.05, 0.1) is 11.6 Å². The molecule has 0 heterocycles. The van der Waals surface area contributed by atoms with Crippen LogP contribution in [0.2, 0.25) is 0 Å². The number of benzene rings is 1. The Hall–Kier alpha value is -1.30. The standard InChI is InChI=1S/C12H14N2.ClH/c1-2-3-7-12(14)11-6-4-5-10(8-11)9-13;/h2,4-6,8,12H,1,3,7,14H2;1H/t12-;/m1./s1. The minimum absolute atomic E-state index is 0. The largest absolute Gasteiger partial charge is 0.324 e. The molecule has 0 amide bonds. The topological polar surface area (TPSA) is 49.8 Å². The van der Waals surface area contributed by atoms with E-state index < -0.39 is 0 Å². The van der Waals surface area contributed by atoms with E-state index in [1.54, 1.807) is 6.07 Å². The van der Waals surface area contributed by atoms with E-state index in [4.69, 9.17) is 11.0 Å². The molecule has 1 rings (SSSR count). The maximum Gasteiger partial charge on any atom is 0.0991 e. The Balaban J connectivity index is 0.00000196. The number of nitriles is 1. The third kappa shape index (κ3) is 4.16. The van der Waals surface area contributed by atoms with Crippen LogP contribution < -0.4 is 5.73 Å². The number of rotatable bonds is 4. The zero-order valence-electron chi connectivity index (χ0n) is 8.52. The SMILES string of the molecule is C=CCC[C@@H](N)c1cccc(C#N)c1.Cl. The highest BCUT2D eigenvalue weighted by Crippen LogP contribution is 2.16. The summed E-state index contributed by atoms with van der Waals surface area (Å²) in [5.74, 6) is 0. The molecule has 0 saturated heterocycles. The van der Waals surface area contributed by atoms with Gasteiger partial charge in [0.2, 0.25) is 0 Å². The fourth-order valence-electron chi connectivity index (χ4n) is 1.30. The van der Waals surface area contributed by atoms with Crippen molar-refractivity contribution in [3.63, 3.8) is 0 Å². The van der Waals surface area contributed by atoms with Gasteiger partial charge < -0.3 is 5.73 Å². The molecule has 0 spiro atoms. The van der Waals surface area contributed by atoms with Crippen molar-refractivity contribution in [1.29, 1.82) is 5.26 Å². The van der Waals surface area contributed by atoms with E-state index in [0.29, 0.717) is 5.56 Å². The van der Waals surface area contributed by atoms with Gasteiger partial charge in [0.1, 0.15) is 0 Å². The average molecular weight is 223 g/mol. The Morgan fingerprint density at radius 2 is 2.27 bits per heavy atom. The van der Waals surface area contributed by atoms with Crippen molar-refractivity contribution in [2.75, 3.05) is 0 Å². The molecule has 0 radical (unpaired) electrons. The Bertz CT molecular complexity index is 355. The van der Waals surface area contributed by atoms with Gasteiger partial charge >= 0.3 is 0 Å². The summed E-state index contributed by atoms with van der Waals surface area (Å²) < 4.78 is 0. The smallest absolute Gasteiger partial charge is 0.0991 e. The van der Waals surface area contributed by atoms with Crippen LogP contribution in [0.3, 0.4) is 0 Å². The first-order valence-electron chi connectivity index (χ1n) is 4.64. The molecule has 0 fully saturated rings. The second-order valence-electron chi connectivity index (χ2n) is 3.21. The summed E-state index contributed by atoms with van der Waals surface area (Å²) in [5, 5.41) is 8.71. The summed E-state index contributed by atoms with van der Waals surface area (Å²) in [4.78, 5) is 0. The highest BCUT2D eigenvalue weighted by molar-refractivity contribution is 5.85. The van der Waals surface area contributed by atoms with Crippen LogP contribution in [0.1, 0.15) is 30.0 Å². The number of allylic oxidation sites excluding steroid dienone is 1. The van der Waals surface area contributed by atoms with Crippen molar-refractivity contribution in [2.45, 2.75) is 18.9 Å². The molecule has 0 aliphatic heterocycles. The van der Waals surface area contributed by atoms with Crippen molar-refractivity contribution in [2.24, 2.45) is 5.73 Å². The molecule has 15 heavy (non-hydrogen) atoms. The summed E-state index contributed by atoms with van der Waals surface area (Å²) in [5.41, 5.74) is 7.63. The van der Waals surface area contributed by atoms with Crippen LogP contribution in [0.5, 0.6) is 0 Å². The lowest BCUT2D eigenvalue weighted by molar-refractivity contribution is 0.661. The van der Waals surface area contributed by atoms with Crippen molar-refractivity contribution in [3.8, 4) is 6.07 Å². The first kappa shape index (κ1) is 13.7. The minimum atomic E-state index is 0. The highest BCUT2D eigenvalue weighted by Gasteiger charge is 2.04. The van der Waals surface area contributed by atoms with E-state index in [1.165, 1.54) is 0 Å². The zero-order chi connectivity index (χ0) is 10.4. The number of hydrogen-bond acceptors (Lipinski definition) is 2. The summed E-state index contributed by atoms with van der Waals surface area (Å²) in [6.45, 7) is 3.65. The molecule has 1 aromatic rings. The first-order valence-corrected chi connectivity index (χ1v) is 4.64. The van der Waals surface area contributed by atoms with Gasteiger partial charge in [-0.2, -0.15) is 5.26 Å². The molecule has 1 aromatic carbocycles. The lowest BCUT2D eigenvalue weighted by Gasteiger charge is -2.10. The number of nitrogens with two attached hydrogens (primary N) is 1. The van der Waals surface area contributed by atoms with Gasteiger partial charge in [-0.25, -0.2) is 0 Å². The number of halogens is 1. The van der Waals surface area contributed by atoms with Gasteiger partial charge in [-0.3, -0.25) is 0 Å². The van der Waals surface area contributed by atoms with Crippen molar-refractivity contribution in [3.05, 3.63) is 48.0 Å². The number of hydrogen-bond donors (Lipinski definition) is 1. The average Bonchev–Trinajstić information content (AvgIpc) is 2.26. The van der Waals surface area contributed by atoms with Crippen molar-refractivity contribution in [1.82, 2.24) is 0 Å². The minimum Gasteiger partial charge on any atom is -0.324 e. The molecule has 0 aliphatic carbocycles. The lowest BCUT2D eigenvalue weighted by atomic mass is 10.0. The second kappa shape index (κ2) is 7.05. The van der Waals surface area contributed by atoms with E-state index in [9.17, 15) is 0 Å². The van der Waals surface area contributed by atoms with Gasteiger partial charge in [-0.05, 0) is 30.5 Å². The maximum absolute atomic E-state index is 8.71. The second-order valence-corrected chi connectivity index (χ2v) is 3.21. The summed E-state index contributed by atoms with van der Waals surface area (Å²) in [6, 6.07) is 9.54. The summed E-state index contributed by atoms with van der Waals surface area (Å²) in [6.07, 6.45) is 3.63.